The lowest BCUT2D eigenvalue weighted by atomic mass is 10.2. The quantitative estimate of drug-likeness (QED) is 0.877. The number of rotatable bonds is 6. The van der Waals surface area contributed by atoms with Gasteiger partial charge in [-0.3, -0.25) is 0 Å². The van der Waals surface area contributed by atoms with E-state index in [2.05, 4.69) is 29.4 Å². The molecule has 0 bridgehead atoms. The SMILES string of the molecule is CCCNC(CC)c1nnc(-c2ccc(F)c(F)c2)s1. The van der Waals surface area contributed by atoms with Crippen molar-refractivity contribution in [2.45, 2.75) is 32.7 Å². The molecular weight excluding hydrogens is 280 g/mol. The highest BCUT2D eigenvalue weighted by atomic mass is 32.1. The molecule has 20 heavy (non-hydrogen) atoms. The first-order valence-electron chi connectivity index (χ1n) is 6.67. The molecule has 0 amide bonds. The molecule has 2 rings (SSSR count). The zero-order valence-electron chi connectivity index (χ0n) is 11.5. The number of nitrogens with one attached hydrogen (secondary N) is 1. The molecule has 0 aliphatic carbocycles. The van der Waals surface area contributed by atoms with Crippen molar-refractivity contribution in [3.05, 3.63) is 34.8 Å². The third-order valence-corrected chi connectivity index (χ3v) is 4.04. The molecule has 3 nitrogen and oxygen atoms in total. The van der Waals surface area contributed by atoms with Gasteiger partial charge in [0.25, 0.3) is 0 Å². The second-order valence-electron chi connectivity index (χ2n) is 4.49. The summed E-state index contributed by atoms with van der Waals surface area (Å²) in [7, 11) is 0. The molecule has 2 aromatic rings. The maximum Gasteiger partial charge on any atom is 0.159 e. The average Bonchev–Trinajstić information content (AvgIpc) is 2.92. The zero-order valence-corrected chi connectivity index (χ0v) is 12.3. The Bertz CT molecular complexity index is 571. The van der Waals surface area contributed by atoms with Crippen LogP contribution in [0.1, 0.15) is 37.7 Å². The third kappa shape index (κ3) is 3.37. The van der Waals surface area contributed by atoms with Gasteiger partial charge in [0.1, 0.15) is 10.0 Å². The van der Waals surface area contributed by atoms with Gasteiger partial charge >= 0.3 is 0 Å². The lowest BCUT2D eigenvalue weighted by Gasteiger charge is -2.12. The molecule has 0 radical (unpaired) electrons. The van der Waals surface area contributed by atoms with E-state index in [0.717, 1.165) is 36.5 Å². The van der Waals surface area contributed by atoms with Crippen molar-refractivity contribution in [2.24, 2.45) is 0 Å². The Hall–Kier alpha value is -1.40. The monoisotopic (exact) mass is 297 g/mol. The fourth-order valence-electron chi connectivity index (χ4n) is 1.85. The lowest BCUT2D eigenvalue weighted by molar-refractivity contribution is 0.509. The highest BCUT2D eigenvalue weighted by Crippen LogP contribution is 2.28. The zero-order chi connectivity index (χ0) is 14.5. The number of hydrogen-bond acceptors (Lipinski definition) is 4. The molecule has 0 saturated carbocycles. The van der Waals surface area contributed by atoms with Gasteiger partial charge in [0.05, 0.1) is 6.04 Å². The van der Waals surface area contributed by atoms with Gasteiger partial charge in [-0.05, 0) is 37.6 Å². The summed E-state index contributed by atoms with van der Waals surface area (Å²) in [5.74, 6) is -1.72. The number of aromatic nitrogens is 2. The second kappa shape index (κ2) is 6.85. The summed E-state index contributed by atoms with van der Waals surface area (Å²) in [5.41, 5.74) is 0.554. The summed E-state index contributed by atoms with van der Waals surface area (Å²) in [6, 6.07) is 3.94. The number of hydrogen-bond donors (Lipinski definition) is 1. The molecule has 0 fully saturated rings. The minimum Gasteiger partial charge on any atom is -0.308 e. The van der Waals surface area contributed by atoms with Crippen molar-refractivity contribution in [1.29, 1.82) is 0 Å². The van der Waals surface area contributed by atoms with Crippen molar-refractivity contribution >= 4 is 11.3 Å². The summed E-state index contributed by atoms with van der Waals surface area (Å²) in [6.45, 7) is 5.09. The van der Waals surface area contributed by atoms with E-state index in [1.165, 1.54) is 17.4 Å². The molecule has 1 aromatic carbocycles. The predicted molar refractivity (Wildman–Crippen MR) is 76.6 cm³/mol. The Labute approximate surface area is 121 Å². The molecule has 1 atom stereocenters. The summed E-state index contributed by atoms with van der Waals surface area (Å²) >= 11 is 1.41. The maximum absolute atomic E-state index is 13.2. The van der Waals surface area contributed by atoms with Crippen molar-refractivity contribution in [2.75, 3.05) is 6.54 Å². The van der Waals surface area contributed by atoms with Crippen molar-refractivity contribution in [3.8, 4) is 10.6 Å². The van der Waals surface area contributed by atoms with Crippen LogP contribution in [-0.2, 0) is 0 Å². The van der Waals surface area contributed by atoms with Crippen LogP contribution in [-0.4, -0.2) is 16.7 Å². The van der Waals surface area contributed by atoms with Crippen LogP contribution in [0.2, 0.25) is 0 Å². The normalized spacial score (nSPS) is 12.6. The van der Waals surface area contributed by atoms with Gasteiger partial charge in [-0.1, -0.05) is 25.2 Å². The molecule has 0 spiro atoms. The van der Waals surface area contributed by atoms with Crippen LogP contribution in [0.3, 0.4) is 0 Å². The number of benzene rings is 1. The van der Waals surface area contributed by atoms with E-state index in [1.54, 1.807) is 0 Å². The van der Waals surface area contributed by atoms with E-state index in [9.17, 15) is 8.78 Å². The van der Waals surface area contributed by atoms with Gasteiger partial charge < -0.3 is 5.32 Å². The Balaban J connectivity index is 2.20. The largest absolute Gasteiger partial charge is 0.308 e. The van der Waals surface area contributed by atoms with Crippen LogP contribution in [0, 0.1) is 11.6 Å². The van der Waals surface area contributed by atoms with Crippen molar-refractivity contribution in [1.82, 2.24) is 15.5 Å². The van der Waals surface area contributed by atoms with Crippen LogP contribution < -0.4 is 5.32 Å². The van der Waals surface area contributed by atoms with Gasteiger partial charge in [-0.25, -0.2) is 8.78 Å². The second-order valence-corrected chi connectivity index (χ2v) is 5.50. The molecule has 0 saturated heterocycles. The highest BCUT2D eigenvalue weighted by molar-refractivity contribution is 7.14. The summed E-state index contributed by atoms with van der Waals surface area (Å²) in [4.78, 5) is 0. The molecule has 1 aromatic heterocycles. The topological polar surface area (TPSA) is 37.8 Å². The predicted octanol–water partition coefficient (Wildman–Crippen LogP) is 3.93. The van der Waals surface area contributed by atoms with Gasteiger partial charge in [-0.15, -0.1) is 10.2 Å². The Kier molecular flexibility index (Phi) is 5.14. The first-order valence-corrected chi connectivity index (χ1v) is 7.49. The van der Waals surface area contributed by atoms with E-state index in [-0.39, 0.29) is 6.04 Å². The Morgan fingerprint density at radius 1 is 1.20 bits per heavy atom. The van der Waals surface area contributed by atoms with E-state index < -0.39 is 11.6 Å². The molecule has 6 heteroatoms. The molecule has 1 heterocycles. The van der Waals surface area contributed by atoms with Crippen LogP contribution in [0.25, 0.3) is 10.6 Å². The number of halogens is 2. The molecule has 0 aliphatic heterocycles. The smallest absolute Gasteiger partial charge is 0.159 e. The summed E-state index contributed by atoms with van der Waals surface area (Å²) < 4.78 is 26.2. The molecule has 1 N–H and O–H groups in total. The Morgan fingerprint density at radius 2 is 2.00 bits per heavy atom. The van der Waals surface area contributed by atoms with Crippen LogP contribution in [0.4, 0.5) is 8.78 Å². The van der Waals surface area contributed by atoms with Gasteiger partial charge in [-0.2, -0.15) is 0 Å². The summed E-state index contributed by atoms with van der Waals surface area (Å²) in [5, 5.41) is 13.1. The fraction of sp³-hybridized carbons (Fsp3) is 0.429. The minimum absolute atomic E-state index is 0.159. The Morgan fingerprint density at radius 3 is 2.65 bits per heavy atom. The van der Waals surface area contributed by atoms with E-state index in [0.29, 0.717) is 10.6 Å². The standard InChI is InChI=1S/C14H17F2N3S/c1-3-7-17-12(4-2)14-19-18-13(20-14)9-5-6-10(15)11(16)8-9/h5-6,8,12,17H,3-4,7H2,1-2H3. The van der Waals surface area contributed by atoms with E-state index in [4.69, 9.17) is 0 Å². The molecular formula is C14H17F2N3S. The minimum atomic E-state index is -0.865. The fourth-order valence-corrected chi connectivity index (χ4v) is 2.84. The van der Waals surface area contributed by atoms with E-state index in [1.807, 2.05) is 0 Å². The molecule has 108 valence electrons. The van der Waals surface area contributed by atoms with Crippen molar-refractivity contribution in [3.63, 3.8) is 0 Å². The highest BCUT2D eigenvalue weighted by Gasteiger charge is 2.15. The van der Waals surface area contributed by atoms with Crippen molar-refractivity contribution < 1.29 is 8.78 Å². The third-order valence-electron chi connectivity index (χ3n) is 2.95. The number of nitrogens with zero attached hydrogens (tertiary/aromatic N) is 2. The van der Waals surface area contributed by atoms with Crippen LogP contribution in [0.5, 0.6) is 0 Å². The van der Waals surface area contributed by atoms with Crippen LogP contribution >= 0.6 is 11.3 Å². The molecule has 1 unspecified atom stereocenters. The van der Waals surface area contributed by atoms with Gasteiger partial charge in [0.15, 0.2) is 11.6 Å². The first kappa shape index (κ1) is 15.0. The van der Waals surface area contributed by atoms with Gasteiger partial charge in [0, 0.05) is 5.56 Å². The van der Waals surface area contributed by atoms with Crippen LogP contribution in [0.15, 0.2) is 18.2 Å². The summed E-state index contributed by atoms with van der Waals surface area (Å²) in [6.07, 6.45) is 1.96. The van der Waals surface area contributed by atoms with E-state index >= 15 is 0 Å². The molecule has 0 aliphatic rings. The van der Waals surface area contributed by atoms with Gasteiger partial charge in [0.2, 0.25) is 0 Å². The first-order chi connectivity index (χ1) is 9.65. The maximum atomic E-state index is 13.2. The lowest BCUT2D eigenvalue weighted by Crippen LogP contribution is -2.21. The average molecular weight is 297 g/mol.